The molecule has 2 fully saturated rings. The lowest BCUT2D eigenvalue weighted by Crippen LogP contribution is -2.41. The first-order valence-electron chi connectivity index (χ1n) is 4.70. The summed E-state index contributed by atoms with van der Waals surface area (Å²) in [6.07, 6.45) is 5.33. The van der Waals surface area contributed by atoms with Gasteiger partial charge in [-0.15, -0.1) is 12.4 Å². The average Bonchev–Trinajstić information content (AvgIpc) is 2.07. The lowest BCUT2D eigenvalue weighted by molar-refractivity contribution is -0.0241. The van der Waals surface area contributed by atoms with E-state index in [4.69, 9.17) is 4.74 Å². The van der Waals surface area contributed by atoms with Gasteiger partial charge >= 0.3 is 0 Å². The second-order valence-corrected chi connectivity index (χ2v) is 3.91. The van der Waals surface area contributed by atoms with E-state index in [-0.39, 0.29) is 12.4 Å². The van der Waals surface area contributed by atoms with Gasteiger partial charge in [-0.05, 0) is 44.2 Å². The Hall–Kier alpha value is 0.210. The number of ether oxygens (including phenoxy) is 1. The number of hydrogen-bond acceptors (Lipinski definition) is 2. The second kappa shape index (κ2) is 4.45. The van der Waals surface area contributed by atoms with Crippen LogP contribution in [0.2, 0.25) is 0 Å². The Labute approximate surface area is 80.5 Å². The normalized spacial score (nSPS) is 28.0. The minimum Gasteiger partial charge on any atom is -0.381 e. The molecular weight excluding hydrogens is 174 g/mol. The van der Waals surface area contributed by atoms with Gasteiger partial charge in [-0.2, -0.15) is 0 Å². The van der Waals surface area contributed by atoms with Crippen LogP contribution in [0.15, 0.2) is 0 Å². The summed E-state index contributed by atoms with van der Waals surface area (Å²) in [5.74, 6) is 0. The van der Waals surface area contributed by atoms with E-state index in [1.807, 2.05) is 0 Å². The van der Waals surface area contributed by atoms with Crippen LogP contribution < -0.4 is 5.32 Å². The van der Waals surface area contributed by atoms with Gasteiger partial charge in [-0.3, -0.25) is 0 Å². The van der Waals surface area contributed by atoms with Crippen LogP contribution in [0, 0.1) is 5.41 Å². The lowest BCUT2D eigenvalue weighted by atomic mass is 9.75. The number of nitrogens with one attached hydrogen (secondary N) is 1. The van der Waals surface area contributed by atoms with Crippen molar-refractivity contribution < 1.29 is 4.74 Å². The van der Waals surface area contributed by atoms with Crippen LogP contribution in [-0.2, 0) is 4.74 Å². The number of rotatable bonds is 0. The van der Waals surface area contributed by atoms with E-state index >= 15 is 0 Å². The zero-order chi connectivity index (χ0) is 7.57. The smallest absolute Gasteiger partial charge is 0.0523 e. The van der Waals surface area contributed by atoms with Crippen molar-refractivity contribution in [2.45, 2.75) is 25.7 Å². The largest absolute Gasteiger partial charge is 0.381 e. The Kier molecular flexibility index (Phi) is 3.81. The minimum atomic E-state index is 0. The predicted octanol–water partition coefficient (Wildman–Crippen LogP) is 1.59. The van der Waals surface area contributed by atoms with Crippen LogP contribution in [-0.4, -0.2) is 26.3 Å². The topological polar surface area (TPSA) is 21.3 Å². The maximum absolute atomic E-state index is 5.54. The molecule has 2 rings (SSSR count). The fourth-order valence-corrected chi connectivity index (χ4v) is 2.26. The van der Waals surface area contributed by atoms with Crippen LogP contribution in [0.5, 0.6) is 0 Å². The molecule has 1 spiro atoms. The van der Waals surface area contributed by atoms with E-state index in [1.165, 1.54) is 38.8 Å². The quantitative estimate of drug-likeness (QED) is 0.628. The molecule has 0 amide bonds. The molecule has 2 nitrogen and oxygen atoms in total. The first-order chi connectivity index (χ1) is 5.41. The van der Waals surface area contributed by atoms with Crippen molar-refractivity contribution in [2.75, 3.05) is 26.3 Å². The molecule has 2 aliphatic rings. The average molecular weight is 192 g/mol. The standard InChI is InChI=1S/C9H17NO.ClH/c1-2-9(8-11-7-1)3-5-10-6-4-9;/h10H,1-8H2;1H. The Morgan fingerprint density at radius 3 is 2.42 bits per heavy atom. The van der Waals surface area contributed by atoms with Gasteiger partial charge < -0.3 is 10.1 Å². The van der Waals surface area contributed by atoms with Crippen molar-refractivity contribution in [3.05, 3.63) is 0 Å². The van der Waals surface area contributed by atoms with Crippen LogP contribution in [0.4, 0.5) is 0 Å². The van der Waals surface area contributed by atoms with Gasteiger partial charge in [0.1, 0.15) is 0 Å². The number of hydrogen-bond donors (Lipinski definition) is 1. The van der Waals surface area contributed by atoms with Crippen molar-refractivity contribution in [1.29, 1.82) is 0 Å². The molecule has 12 heavy (non-hydrogen) atoms. The van der Waals surface area contributed by atoms with Crippen LogP contribution in [0.25, 0.3) is 0 Å². The Balaban J connectivity index is 0.000000720. The zero-order valence-corrected chi connectivity index (χ0v) is 8.29. The van der Waals surface area contributed by atoms with Crippen molar-refractivity contribution in [3.8, 4) is 0 Å². The molecule has 72 valence electrons. The van der Waals surface area contributed by atoms with Crippen molar-refractivity contribution in [1.82, 2.24) is 5.32 Å². The number of piperidine rings is 1. The third-order valence-corrected chi connectivity index (χ3v) is 3.07. The molecule has 0 aromatic carbocycles. The molecule has 2 heterocycles. The summed E-state index contributed by atoms with van der Waals surface area (Å²) in [6, 6.07) is 0. The summed E-state index contributed by atoms with van der Waals surface area (Å²) in [5.41, 5.74) is 0.573. The summed E-state index contributed by atoms with van der Waals surface area (Å²) in [5, 5.41) is 3.40. The van der Waals surface area contributed by atoms with E-state index in [0.717, 1.165) is 13.2 Å². The molecule has 0 saturated carbocycles. The van der Waals surface area contributed by atoms with Crippen LogP contribution in [0.3, 0.4) is 0 Å². The van der Waals surface area contributed by atoms with E-state index in [2.05, 4.69) is 5.32 Å². The molecule has 0 aliphatic carbocycles. The fourth-order valence-electron chi connectivity index (χ4n) is 2.26. The van der Waals surface area contributed by atoms with Gasteiger partial charge in [0, 0.05) is 6.61 Å². The molecule has 1 N–H and O–H groups in total. The highest BCUT2D eigenvalue weighted by Crippen LogP contribution is 2.36. The summed E-state index contributed by atoms with van der Waals surface area (Å²) >= 11 is 0. The predicted molar refractivity (Wildman–Crippen MR) is 51.8 cm³/mol. The van der Waals surface area contributed by atoms with Gasteiger partial charge in [0.2, 0.25) is 0 Å². The Morgan fingerprint density at radius 2 is 1.83 bits per heavy atom. The highest BCUT2D eigenvalue weighted by Gasteiger charge is 2.33. The van der Waals surface area contributed by atoms with E-state index in [0.29, 0.717) is 5.41 Å². The molecule has 0 bridgehead atoms. The molecule has 0 aromatic rings. The summed E-state index contributed by atoms with van der Waals surface area (Å²) in [7, 11) is 0. The van der Waals surface area contributed by atoms with Gasteiger partial charge in [-0.1, -0.05) is 0 Å². The molecule has 0 atom stereocenters. The van der Waals surface area contributed by atoms with Crippen molar-refractivity contribution in [2.24, 2.45) is 5.41 Å². The summed E-state index contributed by atoms with van der Waals surface area (Å²) < 4.78 is 5.54. The molecule has 3 heteroatoms. The minimum absolute atomic E-state index is 0. The first kappa shape index (κ1) is 10.3. The molecule has 0 unspecified atom stereocenters. The van der Waals surface area contributed by atoms with Gasteiger partial charge in [0.05, 0.1) is 6.61 Å². The van der Waals surface area contributed by atoms with E-state index < -0.39 is 0 Å². The summed E-state index contributed by atoms with van der Waals surface area (Å²) in [4.78, 5) is 0. The highest BCUT2D eigenvalue weighted by atomic mass is 35.5. The third kappa shape index (κ3) is 2.12. The number of halogens is 1. The van der Waals surface area contributed by atoms with Gasteiger partial charge in [-0.25, -0.2) is 0 Å². The Morgan fingerprint density at radius 1 is 1.08 bits per heavy atom. The first-order valence-corrected chi connectivity index (χ1v) is 4.70. The highest BCUT2D eigenvalue weighted by molar-refractivity contribution is 5.85. The van der Waals surface area contributed by atoms with E-state index in [9.17, 15) is 0 Å². The lowest BCUT2D eigenvalue weighted by Gasteiger charge is -2.40. The molecule has 2 saturated heterocycles. The third-order valence-electron chi connectivity index (χ3n) is 3.07. The molecule has 0 radical (unpaired) electrons. The van der Waals surface area contributed by atoms with Crippen molar-refractivity contribution >= 4 is 12.4 Å². The molecular formula is C9H18ClNO. The SMILES string of the molecule is C1COCC2(C1)CCNCC2.Cl. The second-order valence-electron chi connectivity index (χ2n) is 3.91. The fraction of sp³-hybridized carbons (Fsp3) is 1.00. The maximum atomic E-state index is 5.54. The zero-order valence-electron chi connectivity index (χ0n) is 7.47. The van der Waals surface area contributed by atoms with Gasteiger partial charge in [0.25, 0.3) is 0 Å². The monoisotopic (exact) mass is 191 g/mol. The molecule has 2 aliphatic heterocycles. The Bertz CT molecular complexity index is 109. The molecule has 0 aromatic heterocycles. The van der Waals surface area contributed by atoms with Crippen molar-refractivity contribution in [3.63, 3.8) is 0 Å². The van der Waals surface area contributed by atoms with E-state index in [1.54, 1.807) is 0 Å². The van der Waals surface area contributed by atoms with Crippen LogP contribution in [0.1, 0.15) is 25.7 Å². The maximum Gasteiger partial charge on any atom is 0.0523 e. The van der Waals surface area contributed by atoms with Gasteiger partial charge in [0.15, 0.2) is 0 Å². The summed E-state index contributed by atoms with van der Waals surface area (Å²) in [6.45, 7) is 4.41. The van der Waals surface area contributed by atoms with Crippen LogP contribution >= 0.6 is 12.4 Å².